The fraction of sp³-hybridized carbons (Fsp3) is 0.0244. The van der Waals surface area contributed by atoms with Crippen LogP contribution in [0.3, 0.4) is 0 Å². The molecule has 0 heterocycles. The molecule has 0 saturated heterocycles. The van der Waals surface area contributed by atoms with Gasteiger partial charge in [-0.25, -0.2) is 0 Å². The lowest BCUT2D eigenvalue weighted by molar-refractivity contribution is 0.587. The Morgan fingerprint density at radius 1 is 0.262 bits per heavy atom. The van der Waals surface area contributed by atoms with Crippen molar-refractivity contribution < 1.29 is 0 Å². The van der Waals surface area contributed by atoms with Crippen LogP contribution in [0.1, 0.15) is 39.3 Å². The van der Waals surface area contributed by atoms with Crippen molar-refractivity contribution in [3.63, 3.8) is 0 Å². The van der Waals surface area contributed by atoms with Gasteiger partial charge < -0.3 is 9.80 Å². The molecule has 0 aromatic heterocycles. The molecule has 0 fully saturated rings. The molecule has 0 bridgehead atoms. The summed E-state index contributed by atoms with van der Waals surface area (Å²) in [6.45, 7) is 0. The van der Waals surface area contributed by atoms with Crippen LogP contribution in [0, 0.1) is 0 Å². The highest BCUT2D eigenvalue weighted by Crippen LogP contribution is 2.62. The highest BCUT2D eigenvalue weighted by atomic mass is 15.1. The molecule has 1 aliphatic rings. The maximum Gasteiger partial charge on any atom is 0.0566 e. The fourth-order valence-electron chi connectivity index (χ4n) is 13.5. The Morgan fingerprint density at radius 3 is 1.12 bits per heavy atom. The molecule has 0 saturated carbocycles. The van der Waals surface area contributed by atoms with Crippen molar-refractivity contribution in [3.8, 4) is 0 Å². The fourth-order valence-corrected chi connectivity index (χ4v) is 13.5. The minimum Gasteiger partial charge on any atom is -0.310 e. The first-order valence-corrected chi connectivity index (χ1v) is 29.1. The molecule has 2 atom stereocenters. The Morgan fingerprint density at radius 2 is 0.631 bits per heavy atom. The highest BCUT2D eigenvalue weighted by Gasteiger charge is 2.50. The van der Waals surface area contributed by atoms with Crippen LogP contribution < -0.4 is 9.80 Å². The highest BCUT2D eigenvalue weighted by molar-refractivity contribution is 6.19. The molecule has 84 heavy (non-hydrogen) atoms. The van der Waals surface area contributed by atoms with Crippen molar-refractivity contribution in [2.75, 3.05) is 9.80 Å². The number of nitrogens with zero attached hydrogens (tertiary/aromatic N) is 2. The number of hydrogen-bond donors (Lipinski definition) is 0. The predicted octanol–water partition coefficient (Wildman–Crippen LogP) is 22.0. The molecular formula is C82H58N2. The van der Waals surface area contributed by atoms with Gasteiger partial charge in [0.25, 0.3) is 0 Å². The molecule has 14 aromatic carbocycles. The van der Waals surface area contributed by atoms with Crippen LogP contribution in [0.5, 0.6) is 0 Å². The molecule has 2 heteroatoms. The summed E-state index contributed by atoms with van der Waals surface area (Å²) in [6, 6.07) is 125. The Hall–Kier alpha value is -10.8. The number of rotatable bonds is 12. The molecule has 2 nitrogen and oxygen atoms in total. The van der Waals surface area contributed by atoms with Gasteiger partial charge in [-0.1, -0.05) is 261 Å². The zero-order valence-electron chi connectivity index (χ0n) is 46.4. The summed E-state index contributed by atoms with van der Waals surface area (Å²) < 4.78 is 0. The minimum absolute atomic E-state index is 0.174. The lowest BCUT2D eigenvalue weighted by Crippen LogP contribution is -2.39. The maximum atomic E-state index is 2.60. The molecular weight excluding hydrogens is 1010 g/mol. The molecule has 0 radical (unpaired) electrons. The van der Waals surface area contributed by atoms with E-state index in [1.54, 1.807) is 0 Å². The van der Waals surface area contributed by atoms with E-state index in [2.05, 4.69) is 356 Å². The number of para-hydroxylation sites is 2. The van der Waals surface area contributed by atoms with E-state index in [-0.39, 0.29) is 5.92 Å². The number of benzene rings is 14. The largest absolute Gasteiger partial charge is 0.310 e. The smallest absolute Gasteiger partial charge is 0.0566 e. The Balaban J connectivity index is 0.960. The standard InChI is InChI=1S/C82H58N2/c1-7-25-59(26-8-1)77-57-76(58-45-49-72(50-46-58)83(70-39-15-5-16-40-70)78-43-23-35-66-53-62-31-19-21-33-64(62)55-74(66)78)80(60-27-9-2-10-28-60)81(61-29-11-3-12-30-61)82(77,68-37-13-4-14-38-68)69-47-51-73(52-48-69)84(71-41-17-6-18-42-71)79-44-24-36-67-54-63-32-20-22-34-65(63)56-75(67)79/h1-57,77H. The molecule has 14 aromatic rings. The van der Waals surface area contributed by atoms with Crippen LogP contribution in [-0.4, -0.2) is 0 Å². The van der Waals surface area contributed by atoms with Gasteiger partial charge in [-0.15, -0.1) is 0 Å². The van der Waals surface area contributed by atoms with Gasteiger partial charge in [-0.3, -0.25) is 0 Å². The zero-order chi connectivity index (χ0) is 55.8. The van der Waals surface area contributed by atoms with E-state index in [9.17, 15) is 0 Å². The van der Waals surface area contributed by atoms with E-state index in [0.29, 0.717) is 0 Å². The molecule has 0 spiro atoms. The SMILES string of the molecule is C1=C(c2ccc(N(c3ccccc3)c3cccc4cc5ccccc5cc34)cc2)C(c2ccccc2)=C(c2ccccc2)C(c2ccccc2)(c2ccc(N(c3ccccc3)c3cccc4cc5ccccc5cc34)cc2)C1c1ccccc1. The van der Waals surface area contributed by atoms with Crippen molar-refractivity contribution in [1.29, 1.82) is 0 Å². The van der Waals surface area contributed by atoms with Crippen LogP contribution in [0.4, 0.5) is 34.1 Å². The van der Waals surface area contributed by atoms with Gasteiger partial charge in [0.05, 0.1) is 16.8 Å². The first kappa shape index (κ1) is 50.2. The molecule has 15 rings (SSSR count). The zero-order valence-corrected chi connectivity index (χ0v) is 46.4. The van der Waals surface area contributed by atoms with E-state index < -0.39 is 5.41 Å². The lowest BCUT2D eigenvalue weighted by Gasteiger charge is -2.48. The number of anilines is 6. The van der Waals surface area contributed by atoms with Gasteiger partial charge in [0.15, 0.2) is 0 Å². The van der Waals surface area contributed by atoms with Crippen LogP contribution in [-0.2, 0) is 5.41 Å². The molecule has 396 valence electrons. The summed E-state index contributed by atoms with van der Waals surface area (Å²) in [5.41, 5.74) is 16.6. The average Bonchev–Trinajstić information content (AvgIpc) is 1.09. The second kappa shape index (κ2) is 21.6. The third-order valence-electron chi connectivity index (χ3n) is 17.2. The van der Waals surface area contributed by atoms with E-state index in [1.165, 1.54) is 82.1 Å². The number of fused-ring (bicyclic) bond motifs is 4. The first-order valence-electron chi connectivity index (χ1n) is 29.1. The molecule has 1 aliphatic carbocycles. The summed E-state index contributed by atoms with van der Waals surface area (Å²) in [5.74, 6) is -0.174. The Labute approximate surface area is 491 Å². The van der Waals surface area contributed by atoms with Crippen molar-refractivity contribution >= 4 is 93.9 Å². The van der Waals surface area contributed by atoms with Crippen molar-refractivity contribution in [3.05, 3.63) is 379 Å². The van der Waals surface area contributed by atoms with Crippen molar-refractivity contribution in [1.82, 2.24) is 0 Å². The molecule has 0 N–H and O–H groups in total. The monoisotopic (exact) mass is 1070 g/mol. The van der Waals surface area contributed by atoms with E-state index in [0.717, 1.165) is 45.3 Å². The number of hydrogen-bond acceptors (Lipinski definition) is 2. The second-order valence-corrected chi connectivity index (χ2v) is 22.0. The van der Waals surface area contributed by atoms with Gasteiger partial charge in [-0.2, -0.15) is 0 Å². The number of allylic oxidation sites excluding steroid dienone is 4. The third kappa shape index (κ3) is 8.84. The second-order valence-electron chi connectivity index (χ2n) is 22.0. The van der Waals surface area contributed by atoms with Crippen molar-refractivity contribution in [2.45, 2.75) is 11.3 Å². The average molecular weight is 1070 g/mol. The van der Waals surface area contributed by atoms with E-state index in [1.807, 2.05) is 0 Å². The van der Waals surface area contributed by atoms with Gasteiger partial charge in [-0.05, 0) is 167 Å². The summed E-state index contributed by atoms with van der Waals surface area (Å²) >= 11 is 0. The van der Waals surface area contributed by atoms with E-state index in [4.69, 9.17) is 0 Å². The van der Waals surface area contributed by atoms with Gasteiger partial charge in [0, 0.05) is 39.4 Å². The third-order valence-corrected chi connectivity index (χ3v) is 17.2. The summed E-state index contributed by atoms with van der Waals surface area (Å²) in [6.07, 6.45) is 2.60. The van der Waals surface area contributed by atoms with Crippen LogP contribution in [0.2, 0.25) is 0 Å². The lowest BCUT2D eigenvalue weighted by atomic mass is 9.54. The summed E-state index contributed by atoms with van der Waals surface area (Å²) in [5, 5.41) is 9.72. The molecule has 2 unspecified atom stereocenters. The topological polar surface area (TPSA) is 6.48 Å². The first-order chi connectivity index (χ1) is 41.7. The Kier molecular flexibility index (Phi) is 12.9. The van der Waals surface area contributed by atoms with Gasteiger partial charge in [0.2, 0.25) is 0 Å². The van der Waals surface area contributed by atoms with Crippen LogP contribution in [0.15, 0.2) is 346 Å². The normalized spacial score (nSPS) is 15.1. The van der Waals surface area contributed by atoms with Crippen molar-refractivity contribution in [2.24, 2.45) is 0 Å². The summed E-state index contributed by atoms with van der Waals surface area (Å²) in [7, 11) is 0. The Bertz CT molecular complexity index is 4730. The summed E-state index contributed by atoms with van der Waals surface area (Å²) in [4.78, 5) is 4.84. The van der Waals surface area contributed by atoms with Gasteiger partial charge >= 0.3 is 0 Å². The quantitative estimate of drug-likeness (QED) is 0.113. The minimum atomic E-state index is -0.754. The van der Waals surface area contributed by atoms with E-state index >= 15 is 0 Å². The predicted molar refractivity (Wildman–Crippen MR) is 356 cm³/mol. The van der Waals surface area contributed by atoms with Crippen LogP contribution >= 0.6 is 0 Å². The maximum absolute atomic E-state index is 2.60. The van der Waals surface area contributed by atoms with Gasteiger partial charge in [0.1, 0.15) is 0 Å². The molecule has 0 aliphatic heterocycles. The van der Waals surface area contributed by atoms with Crippen LogP contribution in [0.25, 0.3) is 59.8 Å². The molecule has 0 amide bonds.